The lowest BCUT2D eigenvalue weighted by Gasteiger charge is -2.08. The molecule has 2 rings (SSSR count). The van der Waals surface area contributed by atoms with Crippen molar-refractivity contribution >= 4 is 38.1 Å². The summed E-state index contributed by atoms with van der Waals surface area (Å²) in [6.07, 6.45) is 1.66. The van der Waals surface area contributed by atoms with Crippen molar-refractivity contribution in [2.75, 3.05) is 0 Å². The Morgan fingerprint density at radius 2 is 2.15 bits per heavy atom. The van der Waals surface area contributed by atoms with Gasteiger partial charge < -0.3 is 4.74 Å². The summed E-state index contributed by atoms with van der Waals surface area (Å²) in [6.45, 7) is 2.45. The smallest absolute Gasteiger partial charge is 0.151 e. The molecule has 106 valence electrons. The fourth-order valence-corrected chi connectivity index (χ4v) is 2.90. The Morgan fingerprint density at radius 1 is 1.40 bits per heavy atom. The normalized spacial score (nSPS) is 10.6. The number of halogens is 2. The molecule has 0 spiro atoms. The van der Waals surface area contributed by atoms with Crippen LogP contribution < -0.4 is 4.74 Å². The van der Waals surface area contributed by atoms with Crippen molar-refractivity contribution in [2.24, 2.45) is 7.05 Å². The fourth-order valence-electron chi connectivity index (χ4n) is 1.83. The second-order valence-corrected chi connectivity index (χ2v) is 5.92. The molecule has 0 fully saturated rings. The van der Waals surface area contributed by atoms with E-state index in [1.807, 2.05) is 17.8 Å². The Kier molecular flexibility index (Phi) is 4.99. The number of nitrogens with zero attached hydrogens (tertiary/aromatic N) is 2. The van der Waals surface area contributed by atoms with Crippen molar-refractivity contribution in [3.63, 3.8) is 0 Å². The molecule has 1 aromatic carbocycles. The van der Waals surface area contributed by atoms with E-state index in [1.165, 1.54) is 0 Å². The maximum absolute atomic E-state index is 10.9. The lowest BCUT2D eigenvalue weighted by atomic mass is 10.2. The molecule has 0 aliphatic rings. The van der Waals surface area contributed by atoms with Gasteiger partial charge in [-0.2, -0.15) is 5.10 Å². The van der Waals surface area contributed by atoms with Crippen LogP contribution in [0.1, 0.15) is 28.7 Å². The van der Waals surface area contributed by atoms with E-state index in [0.717, 1.165) is 33.0 Å². The topological polar surface area (TPSA) is 44.1 Å². The zero-order valence-electron chi connectivity index (χ0n) is 11.2. The first-order valence-electron chi connectivity index (χ1n) is 6.14. The Morgan fingerprint density at radius 3 is 2.75 bits per heavy atom. The van der Waals surface area contributed by atoms with Crippen LogP contribution in [0, 0.1) is 0 Å². The number of aromatic nitrogens is 2. The van der Waals surface area contributed by atoms with Crippen LogP contribution in [-0.2, 0) is 20.1 Å². The number of hydrogen-bond acceptors (Lipinski definition) is 3. The SMILES string of the molecule is CCc1nn(C)c(COc2ccc(Br)c(C=O)c2)c1Br. The minimum Gasteiger partial charge on any atom is -0.487 e. The maximum Gasteiger partial charge on any atom is 0.151 e. The molecule has 0 aliphatic heterocycles. The Labute approximate surface area is 134 Å². The monoisotopic (exact) mass is 400 g/mol. The number of carbonyl (C=O) groups excluding carboxylic acids is 1. The standard InChI is InChI=1S/C14H14Br2N2O2/c1-3-12-14(16)13(18(2)17-12)8-20-10-4-5-11(15)9(6-10)7-19/h4-7H,3,8H2,1-2H3. The number of benzene rings is 1. The van der Waals surface area contributed by atoms with Gasteiger partial charge in [-0.3, -0.25) is 9.48 Å². The summed E-state index contributed by atoms with van der Waals surface area (Å²) in [5, 5.41) is 4.41. The van der Waals surface area contributed by atoms with Crippen molar-refractivity contribution in [1.82, 2.24) is 9.78 Å². The first-order chi connectivity index (χ1) is 9.56. The van der Waals surface area contributed by atoms with E-state index in [1.54, 1.807) is 12.1 Å². The number of aryl methyl sites for hydroxylation is 2. The summed E-state index contributed by atoms with van der Waals surface area (Å²) in [4.78, 5) is 10.9. The largest absolute Gasteiger partial charge is 0.487 e. The second kappa shape index (κ2) is 6.54. The van der Waals surface area contributed by atoms with Crippen molar-refractivity contribution in [2.45, 2.75) is 20.0 Å². The molecular weight excluding hydrogens is 388 g/mol. The van der Waals surface area contributed by atoms with E-state index in [0.29, 0.717) is 17.9 Å². The zero-order chi connectivity index (χ0) is 14.7. The van der Waals surface area contributed by atoms with Crippen molar-refractivity contribution in [3.05, 3.63) is 44.1 Å². The molecule has 0 radical (unpaired) electrons. The van der Waals surface area contributed by atoms with Crippen LogP contribution in [-0.4, -0.2) is 16.1 Å². The minimum atomic E-state index is 0.393. The number of rotatable bonds is 5. The van der Waals surface area contributed by atoms with E-state index >= 15 is 0 Å². The molecule has 0 N–H and O–H groups in total. The highest BCUT2D eigenvalue weighted by atomic mass is 79.9. The first kappa shape index (κ1) is 15.3. The lowest BCUT2D eigenvalue weighted by molar-refractivity contribution is 0.112. The summed E-state index contributed by atoms with van der Waals surface area (Å²) < 4.78 is 9.29. The highest BCUT2D eigenvalue weighted by Gasteiger charge is 2.13. The molecule has 6 heteroatoms. The molecule has 4 nitrogen and oxygen atoms in total. The van der Waals surface area contributed by atoms with Gasteiger partial charge >= 0.3 is 0 Å². The molecule has 0 amide bonds. The van der Waals surface area contributed by atoms with Gasteiger partial charge in [-0.05, 0) is 40.5 Å². The van der Waals surface area contributed by atoms with Crippen molar-refractivity contribution in [3.8, 4) is 5.75 Å². The molecular formula is C14H14Br2N2O2. The third kappa shape index (κ3) is 3.12. The van der Waals surface area contributed by atoms with Gasteiger partial charge in [0.1, 0.15) is 12.4 Å². The summed E-state index contributed by atoms with van der Waals surface area (Å²) in [6, 6.07) is 5.33. The van der Waals surface area contributed by atoms with Gasteiger partial charge in [0.15, 0.2) is 6.29 Å². The summed E-state index contributed by atoms with van der Waals surface area (Å²) in [7, 11) is 1.89. The van der Waals surface area contributed by atoms with Gasteiger partial charge in [0.25, 0.3) is 0 Å². The van der Waals surface area contributed by atoms with E-state index in [2.05, 4.69) is 43.9 Å². The number of aldehydes is 1. The van der Waals surface area contributed by atoms with Gasteiger partial charge in [-0.15, -0.1) is 0 Å². The number of hydrogen-bond donors (Lipinski definition) is 0. The van der Waals surface area contributed by atoms with E-state index in [4.69, 9.17) is 4.74 Å². The molecule has 2 aromatic rings. The van der Waals surface area contributed by atoms with Crippen LogP contribution in [0.4, 0.5) is 0 Å². The van der Waals surface area contributed by atoms with E-state index in [9.17, 15) is 4.79 Å². The van der Waals surface area contributed by atoms with Crippen LogP contribution in [0.3, 0.4) is 0 Å². The maximum atomic E-state index is 10.9. The van der Waals surface area contributed by atoms with Crippen LogP contribution in [0.2, 0.25) is 0 Å². The average molecular weight is 402 g/mol. The first-order valence-corrected chi connectivity index (χ1v) is 7.73. The highest BCUT2D eigenvalue weighted by molar-refractivity contribution is 9.10. The molecule has 20 heavy (non-hydrogen) atoms. The van der Waals surface area contributed by atoms with Crippen molar-refractivity contribution in [1.29, 1.82) is 0 Å². The predicted octanol–water partition coefficient (Wildman–Crippen LogP) is 3.90. The van der Waals surface area contributed by atoms with E-state index in [-0.39, 0.29) is 0 Å². The van der Waals surface area contributed by atoms with Crippen LogP contribution >= 0.6 is 31.9 Å². The molecule has 0 unspecified atom stereocenters. The predicted molar refractivity (Wildman–Crippen MR) is 84.1 cm³/mol. The summed E-state index contributed by atoms with van der Waals surface area (Å²) in [5.74, 6) is 0.654. The quantitative estimate of drug-likeness (QED) is 0.713. The third-order valence-electron chi connectivity index (χ3n) is 2.97. The Hall–Kier alpha value is -1.14. The fraction of sp³-hybridized carbons (Fsp3) is 0.286. The molecule has 0 bridgehead atoms. The molecule has 0 aliphatic carbocycles. The van der Waals surface area contributed by atoms with Crippen LogP contribution in [0.5, 0.6) is 5.75 Å². The van der Waals surface area contributed by atoms with Crippen LogP contribution in [0.25, 0.3) is 0 Å². The zero-order valence-corrected chi connectivity index (χ0v) is 14.4. The molecule has 0 saturated carbocycles. The lowest BCUT2D eigenvalue weighted by Crippen LogP contribution is -2.04. The van der Waals surface area contributed by atoms with E-state index < -0.39 is 0 Å². The van der Waals surface area contributed by atoms with Gasteiger partial charge in [0.05, 0.1) is 15.9 Å². The molecule has 1 heterocycles. The summed E-state index contributed by atoms with van der Waals surface area (Å²) in [5.41, 5.74) is 2.55. The highest BCUT2D eigenvalue weighted by Crippen LogP contribution is 2.25. The third-order valence-corrected chi connectivity index (χ3v) is 4.61. The van der Waals surface area contributed by atoms with Gasteiger partial charge in [-0.25, -0.2) is 0 Å². The van der Waals surface area contributed by atoms with Gasteiger partial charge in [-0.1, -0.05) is 22.9 Å². The second-order valence-electron chi connectivity index (χ2n) is 4.27. The van der Waals surface area contributed by atoms with Gasteiger partial charge in [0.2, 0.25) is 0 Å². The average Bonchev–Trinajstić information content (AvgIpc) is 2.72. The summed E-state index contributed by atoms with van der Waals surface area (Å²) >= 11 is 6.86. The van der Waals surface area contributed by atoms with Crippen molar-refractivity contribution < 1.29 is 9.53 Å². The molecule has 1 aromatic heterocycles. The minimum absolute atomic E-state index is 0.393. The Balaban J connectivity index is 2.17. The number of ether oxygens (including phenoxy) is 1. The van der Waals surface area contributed by atoms with Crippen LogP contribution in [0.15, 0.2) is 27.1 Å². The Bertz CT molecular complexity index is 638. The molecule has 0 atom stereocenters. The van der Waals surface area contributed by atoms with Gasteiger partial charge in [0, 0.05) is 17.1 Å². The number of carbonyl (C=O) groups is 1. The molecule has 0 saturated heterocycles.